The summed E-state index contributed by atoms with van der Waals surface area (Å²) in [6, 6.07) is 0. The number of rotatable bonds is 5. The standard InChI is InChI=1S/C17H30N2O3/c20-11-15(21)10-18-8-4-7-17(12-18)13-19(16(17)22)9-14-5-2-1-3-6-14/h14-15,20-21H,1-13H2/t15-,17+/m1/s1. The molecule has 2 N–H and O–H groups in total. The molecular formula is C17H30N2O3. The lowest BCUT2D eigenvalue weighted by molar-refractivity contribution is -0.168. The molecule has 0 bridgehead atoms. The molecule has 5 heteroatoms. The average Bonchev–Trinajstić information content (AvgIpc) is 2.55. The highest BCUT2D eigenvalue weighted by molar-refractivity contribution is 5.89. The first kappa shape index (κ1) is 16.2. The van der Waals surface area contributed by atoms with Crippen LogP contribution in [0.3, 0.4) is 0 Å². The second-order valence-corrected chi connectivity index (χ2v) is 7.65. The number of nitrogens with zero attached hydrogens (tertiary/aromatic N) is 2. The minimum absolute atomic E-state index is 0.192. The summed E-state index contributed by atoms with van der Waals surface area (Å²) in [6.07, 6.45) is 7.88. The van der Waals surface area contributed by atoms with Gasteiger partial charge in [-0.25, -0.2) is 0 Å². The van der Waals surface area contributed by atoms with Crippen molar-refractivity contribution in [3.63, 3.8) is 0 Å². The third kappa shape index (κ3) is 3.31. The van der Waals surface area contributed by atoms with Gasteiger partial charge in [0.05, 0.1) is 18.1 Å². The Labute approximate surface area is 133 Å². The Morgan fingerprint density at radius 3 is 2.64 bits per heavy atom. The summed E-state index contributed by atoms with van der Waals surface area (Å²) in [5.41, 5.74) is -0.192. The van der Waals surface area contributed by atoms with E-state index in [9.17, 15) is 9.90 Å². The van der Waals surface area contributed by atoms with Crippen molar-refractivity contribution in [3.8, 4) is 0 Å². The molecule has 1 spiro atoms. The fourth-order valence-electron chi connectivity index (χ4n) is 4.62. The Balaban J connectivity index is 1.51. The largest absolute Gasteiger partial charge is 0.394 e. The quantitative estimate of drug-likeness (QED) is 0.739. The van der Waals surface area contributed by atoms with Crippen LogP contribution in [0.5, 0.6) is 0 Å². The van der Waals surface area contributed by atoms with Crippen molar-refractivity contribution in [1.82, 2.24) is 9.80 Å². The number of carbonyl (C=O) groups excluding carboxylic acids is 1. The molecule has 1 aliphatic carbocycles. The number of amides is 1. The predicted octanol–water partition coefficient (Wildman–Crippen LogP) is 0.844. The first-order valence-corrected chi connectivity index (χ1v) is 8.94. The van der Waals surface area contributed by atoms with Crippen molar-refractivity contribution >= 4 is 5.91 Å². The Morgan fingerprint density at radius 2 is 1.95 bits per heavy atom. The Bertz CT molecular complexity index is 397. The van der Waals surface area contributed by atoms with Crippen LogP contribution in [-0.2, 0) is 4.79 Å². The third-order valence-electron chi connectivity index (χ3n) is 5.77. The zero-order valence-corrected chi connectivity index (χ0v) is 13.5. The number of likely N-dealkylation sites (tertiary alicyclic amines) is 2. The van der Waals surface area contributed by atoms with Crippen LogP contribution in [0.1, 0.15) is 44.9 Å². The van der Waals surface area contributed by atoms with Crippen molar-refractivity contribution in [1.29, 1.82) is 0 Å². The molecule has 3 aliphatic rings. The van der Waals surface area contributed by atoms with E-state index in [0.29, 0.717) is 18.4 Å². The summed E-state index contributed by atoms with van der Waals surface area (Å²) in [4.78, 5) is 16.9. The van der Waals surface area contributed by atoms with Gasteiger partial charge in [-0.15, -0.1) is 0 Å². The maximum atomic E-state index is 12.7. The van der Waals surface area contributed by atoms with Gasteiger partial charge in [-0.1, -0.05) is 19.3 Å². The number of piperidine rings is 1. The van der Waals surface area contributed by atoms with Crippen LogP contribution >= 0.6 is 0 Å². The molecule has 2 heterocycles. The van der Waals surface area contributed by atoms with Crippen LogP contribution in [0.15, 0.2) is 0 Å². The molecule has 1 saturated carbocycles. The van der Waals surface area contributed by atoms with Gasteiger partial charge in [0, 0.05) is 26.2 Å². The van der Waals surface area contributed by atoms with Crippen LogP contribution in [0, 0.1) is 11.3 Å². The lowest BCUT2D eigenvalue weighted by Crippen LogP contribution is -2.67. The second-order valence-electron chi connectivity index (χ2n) is 7.65. The van der Waals surface area contributed by atoms with E-state index in [0.717, 1.165) is 39.0 Å². The van der Waals surface area contributed by atoms with E-state index in [-0.39, 0.29) is 12.0 Å². The maximum Gasteiger partial charge on any atom is 0.231 e. The van der Waals surface area contributed by atoms with Gasteiger partial charge in [0.2, 0.25) is 5.91 Å². The van der Waals surface area contributed by atoms with Crippen molar-refractivity contribution < 1.29 is 15.0 Å². The van der Waals surface area contributed by atoms with Crippen LogP contribution < -0.4 is 0 Å². The topological polar surface area (TPSA) is 64.0 Å². The first-order valence-electron chi connectivity index (χ1n) is 8.94. The number of aliphatic hydroxyl groups excluding tert-OH is 2. The minimum Gasteiger partial charge on any atom is -0.394 e. The van der Waals surface area contributed by atoms with Gasteiger partial charge < -0.3 is 15.1 Å². The van der Waals surface area contributed by atoms with E-state index in [1.54, 1.807) is 0 Å². The van der Waals surface area contributed by atoms with Crippen LogP contribution in [0.4, 0.5) is 0 Å². The predicted molar refractivity (Wildman–Crippen MR) is 84.4 cm³/mol. The molecule has 2 aliphatic heterocycles. The van der Waals surface area contributed by atoms with Gasteiger partial charge in [-0.3, -0.25) is 9.69 Å². The van der Waals surface area contributed by atoms with Gasteiger partial charge in [-0.2, -0.15) is 0 Å². The van der Waals surface area contributed by atoms with Crippen LogP contribution in [0.25, 0.3) is 0 Å². The Kier molecular flexibility index (Phi) is 5.05. The lowest BCUT2D eigenvalue weighted by atomic mass is 9.71. The zero-order valence-electron chi connectivity index (χ0n) is 13.5. The molecule has 0 radical (unpaired) electrons. The summed E-state index contributed by atoms with van der Waals surface area (Å²) in [5, 5.41) is 18.6. The Hall–Kier alpha value is -0.650. The third-order valence-corrected chi connectivity index (χ3v) is 5.77. The molecular weight excluding hydrogens is 280 g/mol. The number of β-amino-alcohol motifs (C(OH)–C–C–N with tert-alkyl or cyclic N) is 1. The molecule has 5 nitrogen and oxygen atoms in total. The smallest absolute Gasteiger partial charge is 0.231 e. The van der Waals surface area contributed by atoms with Gasteiger partial charge in [-0.05, 0) is 38.1 Å². The number of aliphatic hydroxyl groups is 2. The maximum absolute atomic E-state index is 12.7. The summed E-state index contributed by atoms with van der Waals surface area (Å²) >= 11 is 0. The molecule has 126 valence electrons. The summed E-state index contributed by atoms with van der Waals surface area (Å²) in [7, 11) is 0. The fraction of sp³-hybridized carbons (Fsp3) is 0.941. The molecule has 0 aromatic carbocycles. The van der Waals surface area contributed by atoms with Crippen molar-refractivity contribution in [2.75, 3.05) is 39.3 Å². The lowest BCUT2D eigenvalue weighted by Gasteiger charge is -2.54. The van der Waals surface area contributed by atoms with E-state index in [1.165, 1.54) is 32.1 Å². The minimum atomic E-state index is -0.691. The molecule has 0 aromatic heterocycles. The van der Waals surface area contributed by atoms with Crippen molar-refractivity contribution in [3.05, 3.63) is 0 Å². The van der Waals surface area contributed by atoms with Crippen molar-refractivity contribution in [2.45, 2.75) is 51.0 Å². The van der Waals surface area contributed by atoms with E-state index in [1.807, 2.05) is 0 Å². The summed E-state index contributed by atoms with van der Waals surface area (Å²) < 4.78 is 0. The van der Waals surface area contributed by atoms with Gasteiger partial charge in [0.15, 0.2) is 0 Å². The molecule has 0 unspecified atom stereocenters. The molecule has 22 heavy (non-hydrogen) atoms. The molecule has 2 atom stereocenters. The molecule has 2 saturated heterocycles. The summed E-state index contributed by atoms with van der Waals surface area (Å²) in [6.45, 7) is 3.81. The van der Waals surface area contributed by atoms with Crippen LogP contribution in [-0.4, -0.2) is 71.4 Å². The molecule has 1 amide bonds. The van der Waals surface area contributed by atoms with E-state index in [2.05, 4.69) is 9.80 Å². The molecule has 3 rings (SSSR count). The number of hydrogen-bond donors (Lipinski definition) is 2. The SMILES string of the molecule is O=C1N(CC2CCCCC2)C[C@@]12CCCN(C[C@@H](O)CO)C2. The summed E-state index contributed by atoms with van der Waals surface area (Å²) in [5.74, 6) is 1.05. The zero-order chi connectivity index (χ0) is 15.6. The highest BCUT2D eigenvalue weighted by Crippen LogP contribution is 2.41. The van der Waals surface area contributed by atoms with Gasteiger partial charge >= 0.3 is 0 Å². The monoisotopic (exact) mass is 310 g/mol. The second kappa shape index (κ2) is 6.85. The first-order chi connectivity index (χ1) is 10.6. The number of carbonyl (C=O) groups is 1. The van der Waals surface area contributed by atoms with E-state index in [4.69, 9.17) is 5.11 Å². The highest BCUT2D eigenvalue weighted by Gasteiger charge is 2.53. The van der Waals surface area contributed by atoms with Crippen molar-refractivity contribution in [2.24, 2.45) is 11.3 Å². The van der Waals surface area contributed by atoms with Crippen LogP contribution in [0.2, 0.25) is 0 Å². The normalized spacial score (nSPS) is 32.3. The molecule has 3 fully saturated rings. The number of hydrogen-bond acceptors (Lipinski definition) is 4. The fourth-order valence-corrected chi connectivity index (χ4v) is 4.62. The molecule has 0 aromatic rings. The Morgan fingerprint density at radius 1 is 1.18 bits per heavy atom. The van der Waals surface area contributed by atoms with E-state index < -0.39 is 6.10 Å². The van der Waals surface area contributed by atoms with Gasteiger partial charge in [0.1, 0.15) is 0 Å². The highest BCUT2D eigenvalue weighted by atomic mass is 16.3. The van der Waals surface area contributed by atoms with E-state index >= 15 is 0 Å². The number of β-lactam (4-membered cyclic amide) rings is 1. The van der Waals surface area contributed by atoms with Gasteiger partial charge in [0.25, 0.3) is 0 Å². The average molecular weight is 310 g/mol.